The smallest absolute Gasteiger partial charge is 0.296 e. The van der Waals surface area contributed by atoms with Gasteiger partial charge in [-0.15, -0.1) is 0 Å². The van der Waals surface area contributed by atoms with Crippen LogP contribution in [0, 0.1) is 6.92 Å². The first-order valence-corrected chi connectivity index (χ1v) is 5.99. The summed E-state index contributed by atoms with van der Waals surface area (Å²) in [5.74, 6) is 0. The zero-order valence-electron chi connectivity index (χ0n) is 10.9. The first-order chi connectivity index (χ1) is 9.60. The normalized spacial score (nSPS) is 10.1. The number of aromatic nitrogens is 2. The average Bonchev–Trinajstić information content (AvgIpc) is 2.44. The maximum absolute atomic E-state index is 11.7. The molecule has 2 aromatic rings. The standard InChI is InChI=1S/C13H13N5O2/c1-9-7-18(13(20)16-12(9)19)8-11-4-2-10(3-5-11)6-15-17-14/h2-5,7H,6,8H2,1H3,(H,16,19,20). The molecule has 0 radical (unpaired) electrons. The van der Waals surface area contributed by atoms with Gasteiger partial charge in [0.25, 0.3) is 5.56 Å². The minimum Gasteiger partial charge on any atom is -0.296 e. The van der Waals surface area contributed by atoms with Gasteiger partial charge in [0.15, 0.2) is 0 Å². The molecule has 1 heterocycles. The Morgan fingerprint density at radius 1 is 1.25 bits per heavy atom. The Morgan fingerprint density at radius 3 is 2.55 bits per heavy atom. The van der Waals surface area contributed by atoms with Crippen molar-refractivity contribution >= 4 is 0 Å². The van der Waals surface area contributed by atoms with Crippen LogP contribution in [-0.4, -0.2) is 9.55 Å². The number of rotatable bonds is 4. The van der Waals surface area contributed by atoms with E-state index in [4.69, 9.17) is 5.53 Å². The van der Waals surface area contributed by atoms with Gasteiger partial charge < -0.3 is 0 Å². The predicted molar refractivity (Wildman–Crippen MR) is 74.5 cm³/mol. The van der Waals surface area contributed by atoms with Gasteiger partial charge >= 0.3 is 5.69 Å². The van der Waals surface area contributed by atoms with Crippen molar-refractivity contribution in [2.45, 2.75) is 20.0 Å². The van der Waals surface area contributed by atoms with E-state index >= 15 is 0 Å². The molecular weight excluding hydrogens is 258 g/mol. The molecule has 0 spiro atoms. The van der Waals surface area contributed by atoms with Gasteiger partial charge in [0.2, 0.25) is 0 Å². The first-order valence-electron chi connectivity index (χ1n) is 5.99. The molecule has 7 nitrogen and oxygen atoms in total. The van der Waals surface area contributed by atoms with Crippen molar-refractivity contribution in [1.82, 2.24) is 9.55 Å². The van der Waals surface area contributed by atoms with Crippen molar-refractivity contribution in [3.8, 4) is 0 Å². The molecular formula is C13H13N5O2. The lowest BCUT2D eigenvalue weighted by Gasteiger charge is -2.06. The summed E-state index contributed by atoms with van der Waals surface area (Å²) >= 11 is 0. The molecule has 102 valence electrons. The van der Waals surface area contributed by atoms with Gasteiger partial charge in [-0.1, -0.05) is 29.4 Å². The molecule has 7 heteroatoms. The Kier molecular flexibility index (Phi) is 4.02. The molecule has 1 aromatic heterocycles. The van der Waals surface area contributed by atoms with E-state index < -0.39 is 5.69 Å². The number of azide groups is 1. The van der Waals surface area contributed by atoms with E-state index in [1.165, 1.54) is 10.8 Å². The van der Waals surface area contributed by atoms with Gasteiger partial charge in [-0.25, -0.2) is 4.79 Å². The highest BCUT2D eigenvalue weighted by molar-refractivity contribution is 5.23. The Hall–Kier alpha value is -2.79. The van der Waals surface area contributed by atoms with Crippen LogP contribution in [0.25, 0.3) is 10.4 Å². The minimum atomic E-state index is -0.432. The highest BCUT2D eigenvalue weighted by Crippen LogP contribution is 2.07. The number of hydrogen-bond donors (Lipinski definition) is 1. The van der Waals surface area contributed by atoms with Crippen LogP contribution in [0.5, 0.6) is 0 Å². The second kappa shape index (κ2) is 5.90. The Labute approximate surface area is 114 Å². The number of aromatic amines is 1. The lowest BCUT2D eigenvalue weighted by molar-refractivity contribution is 0.713. The highest BCUT2D eigenvalue weighted by atomic mass is 16.2. The summed E-state index contributed by atoms with van der Waals surface area (Å²) in [5, 5.41) is 3.48. The van der Waals surface area contributed by atoms with Crippen molar-refractivity contribution in [3.63, 3.8) is 0 Å². The molecule has 0 saturated heterocycles. The van der Waals surface area contributed by atoms with Crippen LogP contribution in [0.1, 0.15) is 16.7 Å². The van der Waals surface area contributed by atoms with Gasteiger partial charge in [-0.3, -0.25) is 14.3 Å². The van der Waals surface area contributed by atoms with E-state index in [0.29, 0.717) is 18.7 Å². The Bertz CT molecular complexity index is 767. The largest absolute Gasteiger partial charge is 0.328 e. The van der Waals surface area contributed by atoms with Crippen LogP contribution in [0.4, 0.5) is 0 Å². The van der Waals surface area contributed by atoms with Gasteiger partial charge in [0, 0.05) is 16.7 Å². The van der Waals surface area contributed by atoms with Crippen molar-refractivity contribution in [2.24, 2.45) is 5.11 Å². The molecule has 0 amide bonds. The minimum absolute atomic E-state index is 0.300. The maximum atomic E-state index is 11.7. The summed E-state index contributed by atoms with van der Waals surface area (Å²) in [5.41, 5.74) is 9.76. The monoisotopic (exact) mass is 271 g/mol. The molecule has 0 unspecified atom stereocenters. The average molecular weight is 271 g/mol. The molecule has 0 bridgehead atoms. The quantitative estimate of drug-likeness (QED) is 0.519. The predicted octanol–water partition coefficient (Wildman–Crippen LogP) is 1.70. The fourth-order valence-electron chi connectivity index (χ4n) is 1.80. The van der Waals surface area contributed by atoms with E-state index in [-0.39, 0.29) is 5.56 Å². The van der Waals surface area contributed by atoms with Crippen molar-refractivity contribution in [2.75, 3.05) is 0 Å². The van der Waals surface area contributed by atoms with E-state index in [2.05, 4.69) is 15.0 Å². The lowest BCUT2D eigenvalue weighted by atomic mass is 10.1. The first kappa shape index (κ1) is 13.6. The fraction of sp³-hybridized carbons (Fsp3) is 0.231. The highest BCUT2D eigenvalue weighted by Gasteiger charge is 2.02. The number of benzene rings is 1. The van der Waals surface area contributed by atoms with E-state index in [9.17, 15) is 9.59 Å². The van der Waals surface area contributed by atoms with Crippen LogP contribution < -0.4 is 11.2 Å². The van der Waals surface area contributed by atoms with Crippen LogP contribution in [0.15, 0.2) is 45.2 Å². The molecule has 20 heavy (non-hydrogen) atoms. The van der Waals surface area contributed by atoms with Crippen LogP contribution in [0.2, 0.25) is 0 Å². The molecule has 0 aliphatic heterocycles. The summed E-state index contributed by atoms with van der Waals surface area (Å²) in [6.45, 7) is 2.32. The van der Waals surface area contributed by atoms with Crippen molar-refractivity contribution in [1.29, 1.82) is 0 Å². The number of hydrogen-bond acceptors (Lipinski definition) is 3. The number of aryl methyl sites for hydroxylation is 1. The second-order valence-corrected chi connectivity index (χ2v) is 4.40. The topological polar surface area (TPSA) is 104 Å². The van der Waals surface area contributed by atoms with Crippen LogP contribution in [0.3, 0.4) is 0 Å². The maximum Gasteiger partial charge on any atom is 0.328 e. The third-order valence-electron chi connectivity index (χ3n) is 2.88. The number of nitrogens with zero attached hydrogens (tertiary/aromatic N) is 4. The summed E-state index contributed by atoms with van der Waals surface area (Å²) in [7, 11) is 0. The molecule has 0 atom stereocenters. The van der Waals surface area contributed by atoms with Crippen LogP contribution >= 0.6 is 0 Å². The SMILES string of the molecule is Cc1cn(Cc2ccc(CN=[N+]=[N-])cc2)c(=O)[nH]c1=O. The van der Waals surface area contributed by atoms with Crippen molar-refractivity contribution < 1.29 is 0 Å². The Balaban J connectivity index is 2.22. The molecule has 0 fully saturated rings. The molecule has 0 aliphatic rings. The van der Waals surface area contributed by atoms with E-state index in [1.54, 1.807) is 6.92 Å². The zero-order valence-corrected chi connectivity index (χ0v) is 10.9. The third kappa shape index (κ3) is 3.15. The molecule has 0 aliphatic carbocycles. The second-order valence-electron chi connectivity index (χ2n) is 4.40. The fourth-order valence-corrected chi connectivity index (χ4v) is 1.80. The summed E-state index contributed by atoms with van der Waals surface area (Å²) < 4.78 is 1.44. The number of H-pyrrole nitrogens is 1. The summed E-state index contributed by atoms with van der Waals surface area (Å²) in [4.78, 5) is 27.9. The zero-order chi connectivity index (χ0) is 14.5. The molecule has 0 saturated carbocycles. The van der Waals surface area contributed by atoms with Crippen molar-refractivity contribution in [3.05, 3.63) is 78.4 Å². The van der Waals surface area contributed by atoms with E-state index in [1.807, 2.05) is 24.3 Å². The summed E-state index contributed by atoms with van der Waals surface area (Å²) in [6.07, 6.45) is 1.54. The molecule has 2 rings (SSSR count). The van der Waals surface area contributed by atoms with Gasteiger partial charge in [-0.2, -0.15) is 0 Å². The number of nitrogens with one attached hydrogen (secondary N) is 1. The van der Waals surface area contributed by atoms with E-state index in [0.717, 1.165) is 11.1 Å². The lowest BCUT2D eigenvalue weighted by Crippen LogP contribution is -2.31. The molecule has 1 aromatic carbocycles. The molecule has 1 N–H and O–H groups in total. The van der Waals surface area contributed by atoms with Gasteiger partial charge in [0.05, 0.1) is 13.1 Å². The van der Waals surface area contributed by atoms with Gasteiger partial charge in [-0.05, 0) is 23.6 Å². The third-order valence-corrected chi connectivity index (χ3v) is 2.88. The van der Waals surface area contributed by atoms with Gasteiger partial charge in [0.1, 0.15) is 0 Å². The summed E-state index contributed by atoms with van der Waals surface area (Å²) in [6, 6.07) is 7.39. The van der Waals surface area contributed by atoms with Crippen LogP contribution in [-0.2, 0) is 13.1 Å². The Morgan fingerprint density at radius 2 is 1.90 bits per heavy atom.